The lowest BCUT2D eigenvalue weighted by molar-refractivity contribution is -0.125. The fraction of sp³-hybridized carbons (Fsp3) is 0.917. The monoisotopic (exact) mass is 212 g/mol. The summed E-state index contributed by atoms with van der Waals surface area (Å²) in [6.07, 6.45) is 6.35. The van der Waals surface area contributed by atoms with E-state index in [4.69, 9.17) is 5.73 Å². The minimum Gasteiger partial charge on any atom is -0.352 e. The van der Waals surface area contributed by atoms with Gasteiger partial charge >= 0.3 is 0 Å². The number of carbonyl (C=O) groups excluding carboxylic acids is 1. The van der Waals surface area contributed by atoms with E-state index in [1.54, 1.807) is 0 Å². The van der Waals surface area contributed by atoms with E-state index in [1.165, 1.54) is 25.7 Å². The topological polar surface area (TPSA) is 55.1 Å². The smallest absolute Gasteiger partial charge is 0.223 e. The van der Waals surface area contributed by atoms with Crippen LogP contribution in [-0.2, 0) is 4.79 Å². The minimum atomic E-state index is 0.100. The van der Waals surface area contributed by atoms with Gasteiger partial charge in [0.05, 0.1) is 0 Å². The molecule has 0 bridgehead atoms. The van der Waals surface area contributed by atoms with Crippen molar-refractivity contribution in [2.75, 3.05) is 6.54 Å². The first-order valence-electron chi connectivity index (χ1n) is 6.14. The van der Waals surface area contributed by atoms with Crippen LogP contribution < -0.4 is 11.1 Å². The van der Waals surface area contributed by atoms with Gasteiger partial charge in [0.2, 0.25) is 5.91 Å². The van der Waals surface area contributed by atoms with Gasteiger partial charge in [0.15, 0.2) is 0 Å². The van der Waals surface area contributed by atoms with Crippen molar-refractivity contribution in [3.63, 3.8) is 0 Å². The molecule has 1 fully saturated rings. The molecule has 1 unspecified atom stereocenters. The second-order valence-electron chi connectivity index (χ2n) is 4.93. The van der Waals surface area contributed by atoms with Crippen molar-refractivity contribution < 1.29 is 4.79 Å². The third-order valence-electron chi connectivity index (χ3n) is 3.35. The van der Waals surface area contributed by atoms with E-state index in [9.17, 15) is 4.79 Å². The van der Waals surface area contributed by atoms with E-state index in [0.717, 1.165) is 12.3 Å². The van der Waals surface area contributed by atoms with Crippen molar-refractivity contribution in [3.05, 3.63) is 0 Å². The summed E-state index contributed by atoms with van der Waals surface area (Å²) in [6.45, 7) is 4.49. The fourth-order valence-electron chi connectivity index (χ4n) is 2.30. The highest BCUT2D eigenvalue weighted by Gasteiger charge is 2.22. The lowest BCUT2D eigenvalue weighted by Crippen LogP contribution is -2.40. The SMILES string of the molecule is CC(CC1CCCC1)C(=O)N[C@H](C)CN. The molecule has 0 aromatic rings. The van der Waals surface area contributed by atoms with E-state index in [0.29, 0.717) is 6.54 Å². The lowest BCUT2D eigenvalue weighted by Gasteiger charge is -2.18. The van der Waals surface area contributed by atoms with Crippen LogP contribution in [0.1, 0.15) is 46.0 Å². The maximum Gasteiger partial charge on any atom is 0.223 e. The normalized spacial score (nSPS) is 21.3. The highest BCUT2D eigenvalue weighted by molar-refractivity contribution is 5.78. The molecular weight excluding hydrogens is 188 g/mol. The van der Waals surface area contributed by atoms with Crippen LogP contribution in [0.5, 0.6) is 0 Å². The molecule has 1 amide bonds. The molecule has 0 heterocycles. The molecule has 15 heavy (non-hydrogen) atoms. The first-order valence-corrected chi connectivity index (χ1v) is 6.14. The van der Waals surface area contributed by atoms with E-state index in [-0.39, 0.29) is 17.9 Å². The quantitative estimate of drug-likeness (QED) is 0.728. The van der Waals surface area contributed by atoms with Gasteiger partial charge in [-0.15, -0.1) is 0 Å². The summed E-state index contributed by atoms with van der Waals surface area (Å²) in [5.74, 6) is 1.08. The molecular formula is C12H24N2O. The summed E-state index contributed by atoms with van der Waals surface area (Å²) >= 11 is 0. The van der Waals surface area contributed by atoms with Crippen LogP contribution in [0.2, 0.25) is 0 Å². The highest BCUT2D eigenvalue weighted by Crippen LogP contribution is 2.30. The van der Waals surface area contributed by atoms with Gasteiger partial charge in [-0.05, 0) is 19.3 Å². The summed E-state index contributed by atoms with van der Waals surface area (Å²) in [5, 5.41) is 2.94. The van der Waals surface area contributed by atoms with Gasteiger partial charge in [-0.25, -0.2) is 0 Å². The maximum atomic E-state index is 11.7. The Morgan fingerprint density at radius 2 is 2.00 bits per heavy atom. The van der Waals surface area contributed by atoms with Gasteiger partial charge in [0.25, 0.3) is 0 Å². The Bertz CT molecular complexity index is 200. The Morgan fingerprint density at radius 3 is 2.53 bits per heavy atom. The van der Waals surface area contributed by atoms with Gasteiger partial charge in [-0.3, -0.25) is 4.79 Å². The fourth-order valence-corrected chi connectivity index (χ4v) is 2.30. The second kappa shape index (κ2) is 6.11. The average molecular weight is 212 g/mol. The Hall–Kier alpha value is -0.570. The molecule has 0 spiro atoms. The predicted molar refractivity (Wildman–Crippen MR) is 62.4 cm³/mol. The zero-order chi connectivity index (χ0) is 11.3. The molecule has 1 saturated carbocycles. The highest BCUT2D eigenvalue weighted by atomic mass is 16.1. The van der Waals surface area contributed by atoms with Gasteiger partial charge in [0, 0.05) is 18.5 Å². The molecule has 0 radical (unpaired) electrons. The average Bonchev–Trinajstić information content (AvgIpc) is 2.70. The summed E-state index contributed by atoms with van der Waals surface area (Å²) in [5.41, 5.74) is 5.47. The minimum absolute atomic E-state index is 0.100. The largest absolute Gasteiger partial charge is 0.352 e. The van der Waals surface area contributed by atoms with Crippen molar-refractivity contribution in [3.8, 4) is 0 Å². The van der Waals surface area contributed by atoms with Crippen molar-refractivity contribution in [2.45, 2.75) is 52.0 Å². The van der Waals surface area contributed by atoms with Crippen LogP contribution in [0.4, 0.5) is 0 Å². The molecule has 1 aliphatic rings. The molecule has 1 rings (SSSR count). The third-order valence-corrected chi connectivity index (χ3v) is 3.35. The number of rotatable bonds is 5. The van der Waals surface area contributed by atoms with Gasteiger partial charge in [-0.1, -0.05) is 32.6 Å². The van der Waals surface area contributed by atoms with E-state index in [1.807, 2.05) is 13.8 Å². The van der Waals surface area contributed by atoms with Crippen LogP contribution in [0, 0.1) is 11.8 Å². The van der Waals surface area contributed by atoms with Crippen molar-refractivity contribution >= 4 is 5.91 Å². The Balaban J connectivity index is 2.25. The molecule has 88 valence electrons. The molecule has 3 heteroatoms. The molecule has 2 atom stereocenters. The van der Waals surface area contributed by atoms with Gasteiger partial charge < -0.3 is 11.1 Å². The third kappa shape index (κ3) is 4.20. The maximum absolute atomic E-state index is 11.7. The number of nitrogens with one attached hydrogen (secondary N) is 1. The molecule has 0 aliphatic heterocycles. The van der Waals surface area contributed by atoms with Gasteiger partial charge in [-0.2, -0.15) is 0 Å². The molecule has 0 aromatic heterocycles. The number of carbonyl (C=O) groups is 1. The standard InChI is InChI=1S/C12H24N2O/c1-9(7-11-5-3-4-6-11)12(15)14-10(2)8-13/h9-11H,3-8,13H2,1-2H3,(H,14,15)/t9?,10-/m1/s1. The summed E-state index contributed by atoms with van der Waals surface area (Å²) in [6, 6.07) is 0.100. The first kappa shape index (κ1) is 12.5. The lowest BCUT2D eigenvalue weighted by atomic mass is 9.94. The Kier molecular flexibility index (Phi) is 5.09. The molecule has 3 nitrogen and oxygen atoms in total. The Morgan fingerprint density at radius 1 is 1.40 bits per heavy atom. The van der Waals surface area contributed by atoms with Crippen LogP contribution in [-0.4, -0.2) is 18.5 Å². The van der Waals surface area contributed by atoms with E-state index in [2.05, 4.69) is 5.32 Å². The second-order valence-corrected chi connectivity index (χ2v) is 4.93. The van der Waals surface area contributed by atoms with Crippen LogP contribution in [0.15, 0.2) is 0 Å². The molecule has 1 aliphatic carbocycles. The van der Waals surface area contributed by atoms with Crippen LogP contribution in [0.3, 0.4) is 0 Å². The molecule has 0 aromatic carbocycles. The number of hydrogen-bond acceptors (Lipinski definition) is 2. The molecule has 0 saturated heterocycles. The predicted octanol–water partition coefficient (Wildman–Crippen LogP) is 1.67. The number of nitrogens with two attached hydrogens (primary N) is 1. The van der Waals surface area contributed by atoms with Crippen molar-refractivity contribution in [2.24, 2.45) is 17.6 Å². The molecule has 3 N–H and O–H groups in total. The van der Waals surface area contributed by atoms with E-state index >= 15 is 0 Å². The summed E-state index contributed by atoms with van der Waals surface area (Å²) < 4.78 is 0. The number of amides is 1. The summed E-state index contributed by atoms with van der Waals surface area (Å²) in [4.78, 5) is 11.7. The van der Waals surface area contributed by atoms with E-state index < -0.39 is 0 Å². The zero-order valence-corrected chi connectivity index (χ0v) is 9.96. The van der Waals surface area contributed by atoms with Gasteiger partial charge in [0.1, 0.15) is 0 Å². The zero-order valence-electron chi connectivity index (χ0n) is 9.96. The number of hydrogen-bond donors (Lipinski definition) is 2. The Labute approximate surface area is 92.8 Å². The van der Waals surface area contributed by atoms with Crippen LogP contribution in [0.25, 0.3) is 0 Å². The van der Waals surface area contributed by atoms with Crippen molar-refractivity contribution in [1.29, 1.82) is 0 Å². The summed E-state index contributed by atoms with van der Waals surface area (Å²) in [7, 11) is 0. The van der Waals surface area contributed by atoms with Crippen molar-refractivity contribution in [1.82, 2.24) is 5.32 Å². The van der Waals surface area contributed by atoms with Crippen LogP contribution >= 0.6 is 0 Å². The first-order chi connectivity index (χ1) is 7.13.